The number of amides is 1. The van der Waals surface area contributed by atoms with Crippen molar-refractivity contribution < 1.29 is 49.8 Å². The third kappa shape index (κ3) is 5.36. The standard InChI is InChI=1S/C22H24N2O8.C10H13NO2/c1-21(31)8-5-4-6-11(25)12(8)16(26)13-9(21)7-10-15(24(2)3)17(27)14(20(23)30)19(29)22(10,32)18(13)28;1-2-3-4-8-5-6-9(10(12)13)11-7-8/h4-6,9-10,15,25,27-28,31-32H,7H2,1-3H3,(H2,23,30);5-7H,2-4H2,1H3,(H,12,13)/t9-,10-,15-,21+,22-;/m0./s1. The zero-order valence-electron chi connectivity index (χ0n) is 25.3. The van der Waals surface area contributed by atoms with Crippen LogP contribution in [-0.4, -0.2) is 89.7 Å². The number of carboxylic acids is 1. The molecule has 1 heterocycles. The molecular weight excluding hydrogens is 586 g/mol. The lowest BCUT2D eigenvalue weighted by Crippen LogP contribution is -2.65. The number of hydrogen-bond acceptors (Lipinski definition) is 11. The van der Waals surface area contributed by atoms with Gasteiger partial charge in [0.15, 0.2) is 11.4 Å². The normalized spacial score (nSPS) is 27.3. The molecule has 13 heteroatoms. The number of rotatable bonds is 6. The van der Waals surface area contributed by atoms with E-state index < -0.39 is 80.9 Å². The molecule has 0 unspecified atom stereocenters. The number of phenolic OH excluding ortho intramolecular Hbond substituents is 1. The van der Waals surface area contributed by atoms with Crippen LogP contribution in [0.1, 0.15) is 65.1 Å². The Kier molecular flexibility index (Phi) is 8.93. The van der Waals surface area contributed by atoms with E-state index in [1.807, 2.05) is 6.07 Å². The van der Waals surface area contributed by atoms with Gasteiger partial charge in [0.2, 0.25) is 5.78 Å². The van der Waals surface area contributed by atoms with Crippen molar-refractivity contribution in [1.82, 2.24) is 9.88 Å². The summed E-state index contributed by atoms with van der Waals surface area (Å²) in [6, 6.07) is 6.43. The predicted octanol–water partition coefficient (Wildman–Crippen LogP) is 1.91. The van der Waals surface area contributed by atoms with Crippen LogP contribution in [0.2, 0.25) is 0 Å². The third-order valence-corrected chi connectivity index (χ3v) is 8.89. The van der Waals surface area contributed by atoms with E-state index in [0.717, 1.165) is 24.8 Å². The number of fused-ring (bicyclic) bond motifs is 3. The maximum Gasteiger partial charge on any atom is 0.354 e. The SMILES string of the molecule is CCCCc1ccc(C(=O)O)nc1.CN(C)[C@@H]1C(O)=C(C(N)=O)C(=O)[C@@]2(O)C(O)=C3C(=O)c4c(O)cccc4[C@@](C)(O)[C@H]3C[C@@H]12. The molecule has 0 radical (unpaired) electrons. The van der Waals surface area contributed by atoms with Crippen LogP contribution in [0.15, 0.2) is 59.2 Å². The lowest BCUT2D eigenvalue weighted by Gasteiger charge is -2.52. The minimum absolute atomic E-state index is 0.111. The molecule has 0 fully saturated rings. The number of carboxylic acid groups (broad SMARTS) is 1. The maximum atomic E-state index is 13.3. The van der Waals surface area contributed by atoms with E-state index in [-0.39, 0.29) is 23.2 Å². The van der Waals surface area contributed by atoms with Crippen molar-refractivity contribution in [3.05, 3.63) is 81.6 Å². The lowest BCUT2D eigenvalue weighted by molar-refractivity contribution is -0.151. The molecule has 2 aromatic rings. The number of hydrogen-bond donors (Lipinski definition) is 7. The van der Waals surface area contributed by atoms with Crippen molar-refractivity contribution in [1.29, 1.82) is 0 Å². The fourth-order valence-electron chi connectivity index (χ4n) is 6.59. The Balaban J connectivity index is 0.000000297. The van der Waals surface area contributed by atoms with Gasteiger partial charge in [-0.2, -0.15) is 0 Å². The number of aromatic hydroxyl groups is 1. The zero-order valence-corrected chi connectivity index (χ0v) is 25.3. The molecule has 13 nitrogen and oxygen atoms in total. The van der Waals surface area contributed by atoms with Gasteiger partial charge in [0.25, 0.3) is 5.91 Å². The number of likely N-dealkylation sites (N-methyl/N-ethyl adjacent to an activating group) is 1. The number of aromatic carboxylic acids is 1. The molecule has 0 spiro atoms. The highest BCUT2D eigenvalue weighted by Gasteiger charge is 2.65. The summed E-state index contributed by atoms with van der Waals surface area (Å²) in [7, 11) is 3.06. The minimum atomic E-state index is -2.75. The number of phenols is 1. The molecule has 3 aliphatic rings. The summed E-state index contributed by atoms with van der Waals surface area (Å²) in [6.07, 6.45) is 4.67. The molecule has 45 heavy (non-hydrogen) atoms. The summed E-state index contributed by atoms with van der Waals surface area (Å²) in [4.78, 5) is 54.2. The van der Waals surface area contributed by atoms with Crippen molar-refractivity contribution in [2.75, 3.05) is 14.1 Å². The second kappa shape index (κ2) is 12.1. The number of Topliss-reactive ketones (excluding diaryl/α,β-unsaturated/α-hetero) is 2. The predicted molar refractivity (Wildman–Crippen MR) is 159 cm³/mol. The molecule has 0 saturated carbocycles. The van der Waals surface area contributed by atoms with Crippen LogP contribution >= 0.6 is 0 Å². The first-order chi connectivity index (χ1) is 21.0. The van der Waals surface area contributed by atoms with Gasteiger partial charge >= 0.3 is 5.97 Å². The molecule has 1 aromatic carbocycles. The van der Waals surface area contributed by atoms with E-state index in [9.17, 15) is 44.7 Å². The molecule has 3 aliphatic carbocycles. The number of nitrogens with two attached hydrogens (primary N) is 1. The van der Waals surface area contributed by atoms with Crippen LogP contribution in [0, 0.1) is 11.8 Å². The number of aliphatic hydroxyl groups excluding tert-OH is 2. The number of aromatic nitrogens is 1. The molecule has 5 atom stereocenters. The van der Waals surface area contributed by atoms with E-state index in [0.29, 0.717) is 0 Å². The first-order valence-electron chi connectivity index (χ1n) is 14.4. The average Bonchev–Trinajstić information content (AvgIpc) is 2.96. The Hall–Kier alpha value is -4.59. The van der Waals surface area contributed by atoms with Crippen LogP contribution in [0.4, 0.5) is 0 Å². The largest absolute Gasteiger partial charge is 0.510 e. The van der Waals surface area contributed by atoms with Gasteiger partial charge in [0, 0.05) is 23.6 Å². The fraction of sp³-hybridized carbons (Fsp3) is 0.406. The molecule has 1 aromatic heterocycles. The summed E-state index contributed by atoms with van der Waals surface area (Å²) in [5.74, 6) is -8.86. The maximum absolute atomic E-state index is 13.3. The minimum Gasteiger partial charge on any atom is -0.510 e. The highest BCUT2D eigenvalue weighted by molar-refractivity contribution is 6.24. The van der Waals surface area contributed by atoms with Crippen LogP contribution in [0.3, 0.4) is 0 Å². The summed E-state index contributed by atoms with van der Waals surface area (Å²) < 4.78 is 0. The van der Waals surface area contributed by atoms with Gasteiger partial charge < -0.3 is 36.4 Å². The Bertz CT molecular complexity index is 1630. The molecular formula is C32H37N3O10. The average molecular weight is 624 g/mol. The van der Waals surface area contributed by atoms with Crippen molar-refractivity contribution in [3.63, 3.8) is 0 Å². The number of aliphatic hydroxyl groups is 4. The molecule has 5 rings (SSSR count). The molecule has 0 aliphatic heterocycles. The number of pyridine rings is 1. The number of unbranched alkanes of at least 4 members (excludes halogenated alkanes) is 1. The summed E-state index contributed by atoms with van der Waals surface area (Å²) in [5, 5.41) is 63.6. The highest BCUT2D eigenvalue weighted by Crippen LogP contribution is 2.56. The van der Waals surface area contributed by atoms with Gasteiger partial charge in [0.1, 0.15) is 28.5 Å². The number of carbonyl (C=O) groups is 4. The Morgan fingerprint density at radius 1 is 1.09 bits per heavy atom. The van der Waals surface area contributed by atoms with E-state index in [2.05, 4.69) is 11.9 Å². The first-order valence-corrected chi connectivity index (χ1v) is 14.4. The zero-order chi connectivity index (χ0) is 33.6. The Morgan fingerprint density at radius 2 is 1.76 bits per heavy atom. The van der Waals surface area contributed by atoms with E-state index in [1.54, 1.807) is 12.3 Å². The second-order valence-electron chi connectivity index (χ2n) is 11.9. The van der Waals surface area contributed by atoms with E-state index in [4.69, 9.17) is 10.8 Å². The molecule has 0 bridgehead atoms. The second-order valence-corrected chi connectivity index (χ2v) is 11.9. The Labute approximate surface area is 258 Å². The van der Waals surface area contributed by atoms with Gasteiger partial charge in [-0.3, -0.25) is 19.3 Å². The van der Waals surface area contributed by atoms with Crippen molar-refractivity contribution >= 4 is 23.4 Å². The topological polar surface area (TPSA) is 232 Å². The Morgan fingerprint density at radius 3 is 2.29 bits per heavy atom. The van der Waals surface area contributed by atoms with Crippen LogP contribution in [0.5, 0.6) is 5.75 Å². The summed E-state index contributed by atoms with van der Waals surface area (Å²) in [6.45, 7) is 3.53. The smallest absolute Gasteiger partial charge is 0.354 e. The van der Waals surface area contributed by atoms with Gasteiger partial charge in [-0.15, -0.1) is 0 Å². The van der Waals surface area contributed by atoms with Gasteiger partial charge in [-0.05, 0) is 63.5 Å². The summed E-state index contributed by atoms with van der Waals surface area (Å²) in [5.41, 5.74) is 0.561. The number of primary amides is 1. The summed E-state index contributed by atoms with van der Waals surface area (Å²) >= 11 is 0. The van der Waals surface area contributed by atoms with E-state index in [1.165, 1.54) is 44.1 Å². The van der Waals surface area contributed by atoms with Crippen LogP contribution in [-0.2, 0) is 21.6 Å². The quantitative estimate of drug-likeness (QED) is 0.229. The molecule has 1 amide bonds. The highest BCUT2D eigenvalue weighted by atomic mass is 16.4. The molecule has 8 N–H and O–H groups in total. The number of nitrogens with zero attached hydrogens (tertiary/aromatic N) is 2. The number of ketones is 2. The number of benzene rings is 1. The van der Waals surface area contributed by atoms with Gasteiger partial charge in [-0.1, -0.05) is 31.5 Å². The van der Waals surface area contributed by atoms with Gasteiger partial charge in [-0.25, -0.2) is 9.78 Å². The van der Waals surface area contributed by atoms with Crippen LogP contribution < -0.4 is 5.73 Å². The van der Waals surface area contributed by atoms with Crippen molar-refractivity contribution in [2.24, 2.45) is 17.6 Å². The first kappa shape index (κ1) is 33.3. The number of carbonyl (C=O) groups excluding carboxylic acids is 3. The number of aryl methyl sites for hydroxylation is 1. The van der Waals surface area contributed by atoms with Crippen LogP contribution in [0.25, 0.3) is 0 Å². The van der Waals surface area contributed by atoms with E-state index >= 15 is 0 Å². The lowest BCUT2D eigenvalue weighted by atomic mass is 9.55. The molecule has 240 valence electrons. The monoisotopic (exact) mass is 623 g/mol. The van der Waals surface area contributed by atoms with Gasteiger partial charge in [0.05, 0.1) is 17.2 Å². The van der Waals surface area contributed by atoms with Crippen molar-refractivity contribution in [2.45, 2.75) is 56.8 Å². The molecule has 0 saturated heterocycles. The fourth-order valence-corrected chi connectivity index (χ4v) is 6.59. The van der Waals surface area contributed by atoms with Crippen molar-refractivity contribution in [3.8, 4) is 5.75 Å². The third-order valence-electron chi connectivity index (χ3n) is 8.89.